The Morgan fingerprint density at radius 1 is 1.47 bits per heavy atom. The summed E-state index contributed by atoms with van der Waals surface area (Å²) in [7, 11) is 0. The normalized spacial score (nSPS) is 24.8. The van der Waals surface area contributed by atoms with E-state index < -0.39 is 5.60 Å². The molecule has 0 spiro atoms. The molecule has 1 aromatic rings. The SMILES string of the molecule is CC1(Cc2ccc(Cl)cc2)CNC(=O)O1. The van der Waals surface area contributed by atoms with E-state index in [0.717, 1.165) is 5.56 Å². The molecule has 2 rings (SSSR count). The second-order valence-electron chi connectivity index (χ2n) is 4.00. The standard InChI is InChI=1S/C11H12ClNO2/c1-11(7-13-10(14)15-11)6-8-2-4-9(12)5-3-8/h2-5H,6-7H2,1H3,(H,13,14). The number of hydrogen-bond acceptors (Lipinski definition) is 2. The molecule has 1 atom stereocenters. The molecule has 0 radical (unpaired) electrons. The summed E-state index contributed by atoms with van der Waals surface area (Å²) in [5, 5.41) is 3.37. The van der Waals surface area contributed by atoms with Crippen LogP contribution in [0.3, 0.4) is 0 Å². The summed E-state index contributed by atoms with van der Waals surface area (Å²) in [5.74, 6) is 0. The summed E-state index contributed by atoms with van der Waals surface area (Å²) in [4.78, 5) is 10.9. The molecule has 0 bridgehead atoms. The third-order valence-corrected chi connectivity index (χ3v) is 2.69. The van der Waals surface area contributed by atoms with Crippen LogP contribution in [0.2, 0.25) is 5.02 Å². The number of benzene rings is 1. The molecule has 4 heteroatoms. The van der Waals surface area contributed by atoms with Gasteiger partial charge in [0.15, 0.2) is 0 Å². The van der Waals surface area contributed by atoms with Crippen LogP contribution in [0.15, 0.2) is 24.3 Å². The van der Waals surface area contributed by atoms with Gasteiger partial charge in [-0.1, -0.05) is 23.7 Å². The van der Waals surface area contributed by atoms with Crippen molar-refractivity contribution in [2.24, 2.45) is 0 Å². The van der Waals surface area contributed by atoms with Crippen molar-refractivity contribution < 1.29 is 9.53 Å². The fourth-order valence-corrected chi connectivity index (χ4v) is 1.81. The van der Waals surface area contributed by atoms with Gasteiger partial charge < -0.3 is 10.1 Å². The number of rotatable bonds is 2. The van der Waals surface area contributed by atoms with Crippen LogP contribution in [0.5, 0.6) is 0 Å². The quantitative estimate of drug-likeness (QED) is 0.839. The number of amides is 1. The molecule has 0 saturated carbocycles. The number of nitrogens with one attached hydrogen (secondary N) is 1. The third kappa shape index (κ3) is 2.42. The average molecular weight is 226 g/mol. The second kappa shape index (κ2) is 3.74. The van der Waals surface area contributed by atoms with E-state index in [4.69, 9.17) is 16.3 Å². The lowest BCUT2D eigenvalue weighted by Gasteiger charge is -2.20. The predicted octanol–water partition coefficient (Wildman–Crippen LogP) is 2.38. The summed E-state index contributed by atoms with van der Waals surface area (Å²) in [6.45, 7) is 2.47. The average Bonchev–Trinajstić information content (AvgIpc) is 2.50. The molecule has 0 aromatic heterocycles. The van der Waals surface area contributed by atoms with Crippen molar-refractivity contribution in [1.82, 2.24) is 5.32 Å². The van der Waals surface area contributed by atoms with Crippen molar-refractivity contribution in [1.29, 1.82) is 0 Å². The van der Waals surface area contributed by atoms with Crippen LogP contribution in [-0.4, -0.2) is 18.2 Å². The summed E-state index contributed by atoms with van der Waals surface area (Å²) in [5.41, 5.74) is 0.670. The molecule has 1 aliphatic heterocycles. The predicted molar refractivity (Wildman–Crippen MR) is 58.0 cm³/mol. The van der Waals surface area contributed by atoms with Crippen molar-refractivity contribution in [2.45, 2.75) is 18.9 Å². The molecule has 1 amide bonds. The first kappa shape index (κ1) is 10.3. The van der Waals surface area contributed by atoms with Gasteiger partial charge in [0, 0.05) is 11.4 Å². The first-order valence-corrected chi connectivity index (χ1v) is 5.16. The van der Waals surface area contributed by atoms with Crippen molar-refractivity contribution in [2.75, 3.05) is 6.54 Å². The highest BCUT2D eigenvalue weighted by Gasteiger charge is 2.35. The third-order valence-electron chi connectivity index (χ3n) is 2.44. The summed E-state index contributed by atoms with van der Waals surface area (Å²) >= 11 is 5.79. The molecular formula is C11H12ClNO2. The van der Waals surface area contributed by atoms with Gasteiger partial charge in [-0.05, 0) is 24.6 Å². The van der Waals surface area contributed by atoms with Crippen molar-refractivity contribution >= 4 is 17.7 Å². The van der Waals surface area contributed by atoms with Gasteiger partial charge >= 0.3 is 6.09 Å². The van der Waals surface area contributed by atoms with Crippen LogP contribution in [0.25, 0.3) is 0 Å². The van der Waals surface area contributed by atoms with E-state index in [2.05, 4.69) is 5.32 Å². The number of halogens is 1. The van der Waals surface area contributed by atoms with E-state index >= 15 is 0 Å². The largest absolute Gasteiger partial charge is 0.441 e. The van der Waals surface area contributed by atoms with Gasteiger partial charge in [0.25, 0.3) is 0 Å². The van der Waals surface area contributed by atoms with Crippen LogP contribution >= 0.6 is 11.6 Å². The van der Waals surface area contributed by atoms with Crippen LogP contribution in [0, 0.1) is 0 Å². The van der Waals surface area contributed by atoms with Gasteiger partial charge in [-0.25, -0.2) is 4.79 Å². The Balaban J connectivity index is 2.08. The van der Waals surface area contributed by atoms with Crippen molar-refractivity contribution in [3.05, 3.63) is 34.9 Å². The Labute approximate surface area is 93.4 Å². The molecule has 1 fully saturated rings. The maximum Gasteiger partial charge on any atom is 0.407 e. The number of carbonyl (C=O) groups excluding carboxylic acids is 1. The second-order valence-corrected chi connectivity index (χ2v) is 4.43. The van der Waals surface area contributed by atoms with E-state index in [1.54, 1.807) is 0 Å². The fourth-order valence-electron chi connectivity index (χ4n) is 1.69. The van der Waals surface area contributed by atoms with Gasteiger partial charge in [-0.3, -0.25) is 0 Å². The highest BCUT2D eigenvalue weighted by atomic mass is 35.5. The summed E-state index contributed by atoms with van der Waals surface area (Å²) < 4.78 is 5.20. The lowest BCUT2D eigenvalue weighted by Crippen LogP contribution is -2.31. The topological polar surface area (TPSA) is 38.3 Å². The number of carbonyl (C=O) groups is 1. The van der Waals surface area contributed by atoms with Gasteiger partial charge in [0.2, 0.25) is 0 Å². The zero-order valence-corrected chi connectivity index (χ0v) is 9.17. The minimum absolute atomic E-state index is 0.341. The lowest BCUT2D eigenvalue weighted by atomic mass is 9.97. The molecule has 0 aliphatic carbocycles. The maximum absolute atomic E-state index is 10.9. The van der Waals surface area contributed by atoms with Gasteiger partial charge in [0.05, 0.1) is 6.54 Å². The lowest BCUT2D eigenvalue weighted by molar-refractivity contribution is 0.0725. The van der Waals surface area contributed by atoms with E-state index in [1.807, 2.05) is 31.2 Å². The monoisotopic (exact) mass is 225 g/mol. The number of ether oxygens (including phenoxy) is 1. The van der Waals surface area contributed by atoms with E-state index in [9.17, 15) is 4.79 Å². The molecular weight excluding hydrogens is 214 g/mol. The van der Waals surface area contributed by atoms with Crippen LogP contribution < -0.4 is 5.32 Å². The van der Waals surface area contributed by atoms with E-state index in [0.29, 0.717) is 18.0 Å². The van der Waals surface area contributed by atoms with Crippen molar-refractivity contribution in [3.63, 3.8) is 0 Å². The molecule has 1 saturated heterocycles. The maximum atomic E-state index is 10.9. The van der Waals surface area contributed by atoms with Gasteiger partial charge in [0.1, 0.15) is 5.60 Å². The molecule has 3 nitrogen and oxygen atoms in total. The number of alkyl carbamates (subject to hydrolysis) is 1. The first-order chi connectivity index (χ1) is 7.07. The minimum Gasteiger partial charge on any atom is -0.441 e. The Kier molecular flexibility index (Phi) is 2.57. The fraction of sp³-hybridized carbons (Fsp3) is 0.364. The smallest absolute Gasteiger partial charge is 0.407 e. The molecule has 80 valence electrons. The Morgan fingerprint density at radius 2 is 2.13 bits per heavy atom. The van der Waals surface area contributed by atoms with E-state index in [1.165, 1.54) is 0 Å². The first-order valence-electron chi connectivity index (χ1n) is 4.79. The molecule has 1 N–H and O–H groups in total. The number of hydrogen-bond donors (Lipinski definition) is 1. The van der Waals surface area contributed by atoms with Gasteiger partial charge in [-0.2, -0.15) is 0 Å². The Bertz CT molecular complexity index is 377. The zero-order chi connectivity index (χ0) is 10.9. The van der Waals surface area contributed by atoms with E-state index in [-0.39, 0.29) is 6.09 Å². The molecule has 1 aliphatic rings. The molecule has 1 heterocycles. The highest BCUT2D eigenvalue weighted by Crippen LogP contribution is 2.22. The Hall–Kier alpha value is -1.22. The van der Waals surface area contributed by atoms with Crippen LogP contribution in [0.4, 0.5) is 4.79 Å². The molecule has 15 heavy (non-hydrogen) atoms. The highest BCUT2D eigenvalue weighted by molar-refractivity contribution is 6.30. The van der Waals surface area contributed by atoms with Gasteiger partial charge in [-0.15, -0.1) is 0 Å². The molecule has 1 aromatic carbocycles. The minimum atomic E-state index is -0.440. The summed E-state index contributed by atoms with van der Waals surface area (Å²) in [6, 6.07) is 7.56. The van der Waals surface area contributed by atoms with Crippen LogP contribution in [-0.2, 0) is 11.2 Å². The summed E-state index contributed by atoms with van der Waals surface area (Å²) in [6.07, 6.45) is 0.356. The Morgan fingerprint density at radius 3 is 2.67 bits per heavy atom. The molecule has 1 unspecified atom stereocenters. The van der Waals surface area contributed by atoms with Crippen LogP contribution in [0.1, 0.15) is 12.5 Å². The number of cyclic esters (lactones) is 1. The van der Waals surface area contributed by atoms with Crippen molar-refractivity contribution in [3.8, 4) is 0 Å². The zero-order valence-electron chi connectivity index (χ0n) is 8.42.